The van der Waals surface area contributed by atoms with Crippen molar-refractivity contribution in [1.82, 2.24) is 4.98 Å². The summed E-state index contributed by atoms with van der Waals surface area (Å²) in [6.07, 6.45) is 2.63. The Morgan fingerprint density at radius 2 is 2.11 bits per heavy atom. The minimum atomic E-state index is 0.405. The van der Waals surface area contributed by atoms with Crippen LogP contribution in [-0.2, 0) is 13.0 Å². The summed E-state index contributed by atoms with van der Waals surface area (Å²) in [7, 11) is 0. The fraction of sp³-hybridized carbons (Fsp3) is 0.214. The quantitative estimate of drug-likeness (QED) is 0.917. The third-order valence-electron chi connectivity index (χ3n) is 2.62. The van der Waals surface area contributed by atoms with Crippen molar-refractivity contribution in [3.63, 3.8) is 0 Å². The van der Waals surface area contributed by atoms with E-state index in [1.165, 1.54) is 5.56 Å². The van der Waals surface area contributed by atoms with Crippen LogP contribution >= 0.6 is 11.6 Å². The van der Waals surface area contributed by atoms with Gasteiger partial charge in [0, 0.05) is 12.7 Å². The molecule has 0 aliphatic heterocycles. The Morgan fingerprint density at radius 3 is 2.78 bits per heavy atom. The summed E-state index contributed by atoms with van der Waals surface area (Å²) in [5.74, 6) is 1.14. The van der Waals surface area contributed by atoms with Crippen molar-refractivity contribution in [3.05, 3.63) is 52.7 Å². The summed E-state index contributed by atoms with van der Waals surface area (Å²) >= 11 is 6.09. The lowest BCUT2D eigenvalue weighted by molar-refractivity contribution is 0.462. The number of hydrogen-bond donors (Lipinski definition) is 1. The van der Waals surface area contributed by atoms with Crippen LogP contribution in [0.15, 0.2) is 36.5 Å². The van der Waals surface area contributed by atoms with Crippen molar-refractivity contribution >= 4 is 11.6 Å². The highest BCUT2D eigenvalue weighted by Gasteiger charge is 2.06. The summed E-state index contributed by atoms with van der Waals surface area (Å²) in [5.41, 5.74) is 7.61. The predicted octanol–water partition coefficient (Wildman–Crippen LogP) is 3.55. The zero-order valence-electron chi connectivity index (χ0n) is 10.2. The minimum absolute atomic E-state index is 0.405. The fourth-order valence-electron chi connectivity index (χ4n) is 1.59. The monoisotopic (exact) mass is 262 g/mol. The van der Waals surface area contributed by atoms with Gasteiger partial charge in [0.25, 0.3) is 0 Å². The first-order valence-corrected chi connectivity index (χ1v) is 6.22. The van der Waals surface area contributed by atoms with Crippen molar-refractivity contribution < 1.29 is 4.74 Å². The number of ether oxygens (including phenoxy) is 1. The van der Waals surface area contributed by atoms with Gasteiger partial charge in [-0.3, -0.25) is 0 Å². The normalized spacial score (nSPS) is 10.4. The first-order chi connectivity index (χ1) is 8.72. The SMILES string of the molecule is CCc1cccc(Oc2ncc(CN)cc2Cl)c1. The van der Waals surface area contributed by atoms with Gasteiger partial charge in [0.1, 0.15) is 10.8 Å². The molecule has 0 amide bonds. The van der Waals surface area contributed by atoms with Crippen LogP contribution < -0.4 is 10.5 Å². The molecule has 3 nitrogen and oxygen atoms in total. The van der Waals surface area contributed by atoms with Crippen molar-refractivity contribution in [3.8, 4) is 11.6 Å². The molecule has 1 aromatic carbocycles. The van der Waals surface area contributed by atoms with Crippen LogP contribution in [0.2, 0.25) is 5.02 Å². The lowest BCUT2D eigenvalue weighted by atomic mass is 10.2. The smallest absolute Gasteiger partial charge is 0.238 e. The molecule has 1 aromatic heterocycles. The molecular formula is C14H15ClN2O. The Morgan fingerprint density at radius 1 is 1.28 bits per heavy atom. The number of benzene rings is 1. The summed E-state index contributed by atoms with van der Waals surface area (Å²) < 4.78 is 5.67. The highest BCUT2D eigenvalue weighted by molar-refractivity contribution is 6.31. The van der Waals surface area contributed by atoms with Crippen LogP contribution in [0.1, 0.15) is 18.1 Å². The van der Waals surface area contributed by atoms with Crippen LogP contribution in [0.5, 0.6) is 11.6 Å². The molecule has 0 fully saturated rings. The number of aryl methyl sites for hydroxylation is 1. The highest BCUT2D eigenvalue weighted by atomic mass is 35.5. The van der Waals surface area contributed by atoms with Gasteiger partial charge in [-0.25, -0.2) is 4.98 Å². The molecule has 0 saturated heterocycles. The van der Waals surface area contributed by atoms with Crippen molar-refractivity contribution in [2.24, 2.45) is 5.73 Å². The van der Waals surface area contributed by atoms with E-state index in [0.29, 0.717) is 17.4 Å². The van der Waals surface area contributed by atoms with Gasteiger partial charge < -0.3 is 10.5 Å². The zero-order valence-corrected chi connectivity index (χ0v) is 10.9. The van der Waals surface area contributed by atoms with Crippen LogP contribution in [0, 0.1) is 0 Å². The van der Waals surface area contributed by atoms with E-state index in [1.807, 2.05) is 18.2 Å². The number of hydrogen-bond acceptors (Lipinski definition) is 3. The Hall–Kier alpha value is -1.58. The van der Waals surface area contributed by atoms with Crippen LogP contribution in [0.25, 0.3) is 0 Å². The Balaban J connectivity index is 2.22. The maximum Gasteiger partial charge on any atom is 0.238 e. The number of nitrogens with zero attached hydrogens (tertiary/aromatic N) is 1. The molecule has 0 radical (unpaired) electrons. The second kappa shape index (κ2) is 5.85. The molecular weight excluding hydrogens is 248 g/mol. The Kier molecular flexibility index (Phi) is 4.18. The molecule has 0 bridgehead atoms. The molecule has 0 atom stereocenters. The average molecular weight is 263 g/mol. The molecule has 0 spiro atoms. The van der Waals surface area contributed by atoms with Gasteiger partial charge in [0.15, 0.2) is 0 Å². The van der Waals surface area contributed by atoms with Crippen LogP contribution in [-0.4, -0.2) is 4.98 Å². The molecule has 0 aliphatic rings. The third-order valence-corrected chi connectivity index (χ3v) is 2.89. The van der Waals surface area contributed by atoms with E-state index in [-0.39, 0.29) is 0 Å². The van der Waals surface area contributed by atoms with Gasteiger partial charge in [-0.15, -0.1) is 0 Å². The van der Waals surface area contributed by atoms with E-state index in [4.69, 9.17) is 22.1 Å². The highest BCUT2D eigenvalue weighted by Crippen LogP contribution is 2.28. The molecule has 0 saturated carbocycles. The summed E-state index contributed by atoms with van der Waals surface area (Å²) in [6, 6.07) is 9.65. The largest absolute Gasteiger partial charge is 0.438 e. The lowest BCUT2D eigenvalue weighted by Crippen LogP contribution is -1.98. The molecule has 0 unspecified atom stereocenters. The molecule has 4 heteroatoms. The van der Waals surface area contributed by atoms with E-state index >= 15 is 0 Å². The molecule has 18 heavy (non-hydrogen) atoms. The second-order valence-electron chi connectivity index (χ2n) is 3.94. The van der Waals surface area contributed by atoms with E-state index in [0.717, 1.165) is 17.7 Å². The van der Waals surface area contributed by atoms with E-state index in [2.05, 4.69) is 18.0 Å². The van der Waals surface area contributed by atoms with Crippen LogP contribution in [0.3, 0.4) is 0 Å². The lowest BCUT2D eigenvalue weighted by Gasteiger charge is -2.08. The summed E-state index contributed by atoms with van der Waals surface area (Å²) in [6.45, 7) is 2.51. The predicted molar refractivity (Wildman–Crippen MR) is 73.0 cm³/mol. The van der Waals surface area contributed by atoms with Crippen molar-refractivity contribution in [2.45, 2.75) is 19.9 Å². The Labute approximate surface area is 112 Å². The molecule has 2 rings (SSSR count). The van der Waals surface area contributed by atoms with E-state index in [9.17, 15) is 0 Å². The van der Waals surface area contributed by atoms with E-state index in [1.54, 1.807) is 12.3 Å². The average Bonchev–Trinajstić information content (AvgIpc) is 2.41. The fourth-order valence-corrected chi connectivity index (χ4v) is 1.82. The van der Waals surface area contributed by atoms with Gasteiger partial charge in [0.2, 0.25) is 5.88 Å². The van der Waals surface area contributed by atoms with Gasteiger partial charge in [-0.05, 0) is 35.7 Å². The molecule has 2 aromatic rings. The first-order valence-electron chi connectivity index (χ1n) is 5.84. The number of pyridine rings is 1. The summed E-state index contributed by atoms with van der Waals surface area (Å²) in [5, 5.41) is 0.472. The maximum absolute atomic E-state index is 6.09. The number of rotatable bonds is 4. The van der Waals surface area contributed by atoms with E-state index < -0.39 is 0 Å². The number of aromatic nitrogens is 1. The molecule has 0 aliphatic carbocycles. The second-order valence-corrected chi connectivity index (χ2v) is 4.34. The standard InChI is InChI=1S/C14H15ClN2O/c1-2-10-4-3-5-12(6-10)18-14-13(15)7-11(8-16)9-17-14/h3-7,9H,2,8,16H2,1H3. The molecule has 94 valence electrons. The molecule has 2 N–H and O–H groups in total. The zero-order chi connectivity index (χ0) is 13.0. The van der Waals surface area contributed by atoms with Crippen LogP contribution in [0.4, 0.5) is 0 Å². The maximum atomic E-state index is 6.09. The van der Waals surface area contributed by atoms with Gasteiger partial charge >= 0.3 is 0 Å². The topological polar surface area (TPSA) is 48.1 Å². The number of nitrogens with two attached hydrogens (primary N) is 1. The van der Waals surface area contributed by atoms with Gasteiger partial charge in [-0.2, -0.15) is 0 Å². The third kappa shape index (κ3) is 3.00. The van der Waals surface area contributed by atoms with Gasteiger partial charge in [0.05, 0.1) is 0 Å². The molecule has 1 heterocycles. The minimum Gasteiger partial charge on any atom is -0.438 e. The Bertz CT molecular complexity index is 543. The van der Waals surface area contributed by atoms with Crippen molar-refractivity contribution in [1.29, 1.82) is 0 Å². The summed E-state index contributed by atoms with van der Waals surface area (Å²) in [4.78, 5) is 4.17. The number of halogens is 1. The van der Waals surface area contributed by atoms with Gasteiger partial charge in [-0.1, -0.05) is 30.7 Å². The first kappa shape index (κ1) is 12.9. The van der Waals surface area contributed by atoms with Crippen molar-refractivity contribution in [2.75, 3.05) is 0 Å².